The van der Waals surface area contributed by atoms with Crippen molar-refractivity contribution in [3.63, 3.8) is 0 Å². The van der Waals surface area contributed by atoms with Gasteiger partial charge in [0.2, 0.25) is 0 Å². The number of carbonyl (C=O) groups is 1. The summed E-state index contributed by atoms with van der Waals surface area (Å²) in [6.07, 6.45) is 2.18. The summed E-state index contributed by atoms with van der Waals surface area (Å²) in [5.74, 6) is 0.138. The maximum atomic E-state index is 11.5. The number of pyridine rings is 1. The predicted molar refractivity (Wildman–Crippen MR) is 65.7 cm³/mol. The van der Waals surface area contributed by atoms with E-state index in [9.17, 15) is 4.79 Å². The fourth-order valence-electron chi connectivity index (χ4n) is 1.54. The normalized spacial score (nSPS) is 10.5. The Bertz CT molecular complexity index is 522. The summed E-state index contributed by atoms with van der Waals surface area (Å²) in [6.45, 7) is 1.86. The van der Waals surface area contributed by atoms with Crippen LogP contribution in [0.15, 0.2) is 30.5 Å². The van der Waals surface area contributed by atoms with E-state index in [1.54, 1.807) is 6.20 Å². The molecule has 1 aromatic heterocycles. The summed E-state index contributed by atoms with van der Waals surface area (Å²) in [5.41, 5.74) is 1.63. The molecule has 15 heavy (non-hydrogen) atoms. The van der Waals surface area contributed by atoms with E-state index in [1.165, 1.54) is 0 Å². The Balaban J connectivity index is 2.62. The Kier molecular flexibility index (Phi) is 2.79. The summed E-state index contributed by atoms with van der Waals surface area (Å²) in [4.78, 5) is 15.8. The van der Waals surface area contributed by atoms with E-state index < -0.39 is 0 Å². The molecule has 76 valence electrons. The molecule has 2 aromatic rings. The van der Waals surface area contributed by atoms with E-state index >= 15 is 0 Å². The summed E-state index contributed by atoms with van der Waals surface area (Å²) >= 11 is 0. The van der Waals surface area contributed by atoms with E-state index in [0.29, 0.717) is 12.0 Å². The largest absolute Gasteiger partial charge is 0.294 e. The van der Waals surface area contributed by atoms with Crippen LogP contribution in [0.1, 0.15) is 23.7 Å². The lowest BCUT2D eigenvalue weighted by Crippen LogP contribution is -2.00. The van der Waals surface area contributed by atoms with Gasteiger partial charge >= 0.3 is 0 Å². The van der Waals surface area contributed by atoms with E-state index in [1.807, 2.05) is 31.2 Å². The molecule has 0 fully saturated rings. The zero-order chi connectivity index (χ0) is 10.8. The van der Waals surface area contributed by atoms with Crippen molar-refractivity contribution >= 4 is 31.2 Å². The van der Waals surface area contributed by atoms with Gasteiger partial charge in [0.05, 0.1) is 5.52 Å². The lowest BCUT2D eigenvalue weighted by molar-refractivity contribution is 0.0988. The first kappa shape index (κ1) is 10.3. The molecule has 0 bridgehead atoms. The van der Waals surface area contributed by atoms with Crippen LogP contribution in [-0.2, 0) is 0 Å². The Labute approximate surface area is 90.9 Å². The van der Waals surface area contributed by atoms with Crippen molar-refractivity contribution in [1.82, 2.24) is 4.98 Å². The van der Waals surface area contributed by atoms with Gasteiger partial charge < -0.3 is 0 Å². The van der Waals surface area contributed by atoms with Crippen LogP contribution in [0.5, 0.6) is 0 Å². The number of hydrogen-bond donors (Lipinski definition) is 0. The third kappa shape index (κ3) is 1.91. The summed E-state index contributed by atoms with van der Waals surface area (Å²) < 4.78 is 0. The summed E-state index contributed by atoms with van der Waals surface area (Å²) in [5, 5.41) is 2.07. The minimum absolute atomic E-state index is 0.138. The molecule has 1 unspecified atom stereocenters. The van der Waals surface area contributed by atoms with Gasteiger partial charge in [0.15, 0.2) is 5.78 Å². The van der Waals surface area contributed by atoms with Gasteiger partial charge in [0.1, 0.15) is 0 Å². The number of ketones is 1. The lowest BCUT2D eigenvalue weighted by Gasteiger charge is -2.02. The minimum atomic E-state index is 0.138. The Morgan fingerprint density at radius 3 is 3.00 bits per heavy atom. The van der Waals surface area contributed by atoms with Gasteiger partial charge in [-0.3, -0.25) is 9.78 Å². The summed E-state index contributed by atoms with van der Waals surface area (Å²) in [6, 6.07) is 7.83. The number of Topliss-reactive ketones (excluding diaryl/α,β-unsaturated/α-hetero) is 1. The summed E-state index contributed by atoms with van der Waals surface area (Å²) in [7, 11) is 2.65. The van der Waals surface area contributed by atoms with Crippen LogP contribution in [0, 0.1) is 0 Å². The SMILES string of the molecule is CCC(=O)c1cnc2c(P)cccc2c1. The molecule has 2 rings (SSSR count). The highest BCUT2D eigenvalue weighted by Gasteiger charge is 2.05. The van der Waals surface area contributed by atoms with Gasteiger partial charge in [-0.25, -0.2) is 0 Å². The second kappa shape index (κ2) is 4.08. The average Bonchev–Trinajstić information content (AvgIpc) is 2.28. The highest BCUT2D eigenvalue weighted by atomic mass is 31.0. The first-order valence-corrected chi connectivity index (χ1v) is 5.47. The quantitative estimate of drug-likeness (QED) is 0.570. The van der Waals surface area contributed by atoms with Gasteiger partial charge in [-0.05, 0) is 11.4 Å². The molecule has 0 saturated heterocycles. The molecular weight excluding hydrogens is 205 g/mol. The van der Waals surface area contributed by atoms with Crippen molar-refractivity contribution in [1.29, 1.82) is 0 Å². The highest BCUT2D eigenvalue weighted by Crippen LogP contribution is 2.14. The van der Waals surface area contributed by atoms with E-state index in [2.05, 4.69) is 14.2 Å². The minimum Gasteiger partial charge on any atom is -0.294 e. The van der Waals surface area contributed by atoms with Gasteiger partial charge in [-0.2, -0.15) is 0 Å². The molecule has 3 heteroatoms. The maximum absolute atomic E-state index is 11.5. The van der Waals surface area contributed by atoms with Crippen molar-refractivity contribution in [3.05, 3.63) is 36.0 Å². The molecule has 0 N–H and O–H groups in total. The third-order valence-corrected chi connectivity index (χ3v) is 2.85. The van der Waals surface area contributed by atoms with Crippen molar-refractivity contribution in [2.45, 2.75) is 13.3 Å². The number of carbonyl (C=O) groups excluding carboxylic acids is 1. The molecule has 1 heterocycles. The van der Waals surface area contributed by atoms with Crippen LogP contribution < -0.4 is 5.30 Å². The van der Waals surface area contributed by atoms with Crippen molar-refractivity contribution < 1.29 is 4.79 Å². The average molecular weight is 217 g/mol. The molecule has 0 saturated carbocycles. The molecule has 0 spiro atoms. The number of para-hydroxylation sites is 1. The lowest BCUT2D eigenvalue weighted by atomic mass is 10.1. The van der Waals surface area contributed by atoms with Crippen LogP contribution in [0.3, 0.4) is 0 Å². The fraction of sp³-hybridized carbons (Fsp3) is 0.167. The van der Waals surface area contributed by atoms with E-state index in [-0.39, 0.29) is 5.78 Å². The zero-order valence-electron chi connectivity index (χ0n) is 8.53. The standard InChI is InChI=1S/C12H12NOP/c1-2-10(14)9-6-8-4-3-5-11(15)12(8)13-7-9/h3-7H,2,15H2,1H3. The van der Waals surface area contributed by atoms with Crippen molar-refractivity contribution in [2.75, 3.05) is 0 Å². The monoisotopic (exact) mass is 217 g/mol. The van der Waals surface area contributed by atoms with Gasteiger partial charge in [-0.1, -0.05) is 25.1 Å². The molecule has 0 aliphatic heterocycles. The van der Waals surface area contributed by atoms with E-state index in [0.717, 1.165) is 16.2 Å². The number of rotatable bonds is 2. The van der Waals surface area contributed by atoms with E-state index in [4.69, 9.17) is 0 Å². The van der Waals surface area contributed by atoms with Crippen LogP contribution in [0.25, 0.3) is 10.9 Å². The number of hydrogen-bond acceptors (Lipinski definition) is 2. The molecule has 0 amide bonds. The maximum Gasteiger partial charge on any atom is 0.164 e. The van der Waals surface area contributed by atoms with Crippen LogP contribution in [0.4, 0.5) is 0 Å². The second-order valence-corrected chi connectivity index (χ2v) is 4.04. The number of aromatic nitrogens is 1. The first-order valence-electron chi connectivity index (χ1n) is 4.90. The van der Waals surface area contributed by atoms with Gasteiger partial charge in [-0.15, -0.1) is 9.24 Å². The zero-order valence-corrected chi connectivity index (χ0v) is 9.68. The molecule has 2 nitrogen and oxygen atoms in total. The number of benzene rings is 1. The first-order chi connectivity index (χ1) is 7.22. The molecule has 1 aromatic carbocycles. The molecule has 0 radical (unpaired) electrons. The Morgan fingerprint density at radius 2 is 2.27 bits per heavy atom. The van der Waals surface area contributed by atoms with Crippen LogP contribution in [0.2, 0.25) is 0 Å². The third-order valence-electron chi connectivity index (χ3n) is 2.39. The van der Waals surface area contributed by atoms with Crippen LogP contribution in [-0.4, -0.2) is 10.8 Å². The van der Waals surface area contributed by atoms with Crippen molar-refractivity contribution in [2.24, 2.45) is 0 Å². The molecule has 1 atom stereocenters. The Morgan fingerprint density at radius 1 is 1.47 bits per heavy atom. The molecular formula is C12H12NOP. The highest BCUT2D eigenvalue weighted by molar-refractivity contribution is 7.28. The second-order valence-electron chi connectivity index (χ2n) is 3.42. The van der Waals surface area contributed by atoms with Gasteiger partial charge in [0, 0.05) is 23.6 Å². The smallest absolute Gasteiger partial charge is 0.164 e. The topological polar surface area (TPSA) is 30.0 Å². The molecule has 0 aliphatic carbocycles. The number of fused-ring (bicyclic) bond motifs is 1. The van der Waals surface area contributed by atoms with Crippen LogP contribution >= 0.6 is 9.24 Å². The fourth-order valence-corrected chi connectivity index (χ4v) is 1.89. The molecule has 0 aliphatic rings. The van der Waals surface area contributed by atoms with Gasteiger partial charge in [0.25, 0.3) is 0 Å². The number of nitrogens with zero attached hydrogens (tertiary/aromatic N) is 1. The van der Waals surface area contributed by atoms with Crippen molar-refractivity contribution in [3.8, 4) is 0 Å². The Hall–Kier alpha value is -1.27. The predicted octanol–water partition coefficient (Wildman–Crippen LogP) is 2.33.